The van der Waals surface area contributed by atoms with Gasteiger partial charge >= 0.3 is 0 Å². The zero-order valence-electron chi connectivity index (χ0n) is 10.4. The van der Waals surface area contributed by atoms with Crippen LogP contribution in [0, 0.1) is 0 Å². The van der Waals surface area contributed by atoms with Crippen LogP contribution in [0.1, 0.15) is 58.3 Å². The first-order valence-electron chi connectivity index (χ1n) is 6.33. The fourth-order valence-electron chi connectivity index (χ4n) is 2.25. The Balaban J connectivity index is 0. The van der Waals surface area contributed by atoms with Crippen LogP contribution in [0.25, 0.3) is 0 Å². The normalized spacial score (nSPS) is 24.4. The minimum Gasteiger partial charge on any atom is -0.326 e. The number of unbranched alkanes of at least 4 members (excludes halogenated alkanes) is 3. The van der Waals surface area contributed by atoms with Crippen molar-refractivity contribution in [2.45, 2.75) is 70.4 Å². The molecule has 4 heteroatoms. The number of hydrogen-bond donors (Lipinski definition) is 2. The maximum atomic E-state index is 6.06. The standard InChI is InChI=1S/C12H26N2.2ClH/c1-2-3-4-7-10-14-12-9-6-5-8-11(12)13;;/h11-12,14H,2-10,13H2,1H3;2*1H/t11-,12-;;/m1../s1. The van der Waals surface area contributed by atoms with Gasteiger partial charge in [0.05, 0.1) is 0 Å². The maximum Gasteiger partial charge on any atom is 0.0219 e. The van der Waals surface area contributed by atoms with Crippen molar-refractivity contribution in [3.63, 3.8) is 0 Å². The molecule has 1 aliphatic rings. The van der Waals surface area contributed by atoms with E-state index in [0.29, 0.717) is 12.1 Å². The highest BCUT2D eigenvalue weighted by atomic mass is 35.5. The Labute approximate surface area is 113 Å². The Hall–Kier alpha value is 0.500. The molecule has 100 valence electrons. The van der Waals surface area contributed by atoms with Crippen LogP contribution in [0.5, 0.6) is 0 Å². The molecule has 0 aromatic rings. The van der Waals surface area contributed by atoms with E-state index in [2.05, 4.69) is 12.2 Å². The van der Waals surface area contributed by atoms with E-state index < -0.39 is 0 Å². The minimum absolute atomic E-state index is 0. The molecular weight excluding hydrogens is 243 g/mol. The summed E-state index contributed by atoms with van der Waals surface area (Å²) in [7, 11) is 0. The molecule has 2 nitrogen and oxygen atoms in total. The summed E-state index contributed by atoms with van der Waals surface area (Å²) in [5, 5.41) is 3.61. The van der Waals surface area contributed by atoms with Crippen LogP contribution in [-0.2, 0) is 0 Å². The summed E-state index contributed by atoms with van der Waals surface area (Å²) in [4.78, 5) is 0. The van der Waals surface area contributed by atoms with Crippen molar-refractivity contribution in [2.75, 3.05) is 6.54 Å². The van der Waals surface area contributed by atoms with Crippen LogP contribution in [0.3, 0.4) is 0 Å². The quantitative estimate of drug-likeness (QED) is 0.728. The second kappa shape index (κ2) is 12.0. The molecule has 1 saturated carbocycles. The van der Waals surface area contributed by atoms with Gasteiger partial charge in [-0.15, -0.1) is 24.8 Å². The summed E-state index contributed by atoms with van der Waals surface area (Å²) in [6.07, 6.45) is 10.6. The molecule has 1 rings (SSSR count). The highest BCUT2D eigenvalue weighted by molar-refractivity contribution is 5.85. The van der Waals surface area contributed by atoms with Crippen molar-refractivity contribution in [1.82, 2.24) is 5.32 Å². The largest absolute Gasteiger partial charge is 0.326 e. The average Bonchev–Trinajstić information content (AvgIpc) is 2.20. The van der Waals surface area contributed by atoms with Gasteiger partial charge in [0.25, 0.3) is 0 Å². The predicted molar refractivity (Wildman–Crippen MR) is 76.9 cm³/mol. The summed E-state index contributed by atoms with van der Waals surface area (Å²) in [6.45, 7) is 3.42. The van der Waals surface area contributed by atoms with E-state index in [0.717, 1.165) is 0 Å². The summed E-state index contributed by atoms with van der Waals surface area (Å²) < 4.78 is 0. The first kappa shape index (κ1) is 18.9. The summed E-state index contributed by atoms with van der Waals surface area (Å²) in [5.74, 6) is 0. The Morgan fingerprint density at radius 2 is 1.75 bits per heavy atom. The van der Waals surface area contributed by atoms with E-state index in [1.54, 1.807) is 0 Å². The number of hydrogen-bond acceptors (Lipinski definition) is 2. The third-order valence-corrected chi connectivity index (χ3v) is 3.26. The highest BCUT2D eigenvalue weighted by Gasteiger charge is 2.20. The van der Waals surface area contributed by atoms with Gasteiger partial charge in [-0.1, -0.05) is 39.0 Å². The molecule has 0 unspecified atom stereocenters. The van der Waals surface area contributed by atoms with Gasteiger partial charge < -0.3 is 11.1 Å². The highest BCUT2D eigenvalue weighted by Crippen LogP contribution is 2.16. The van der Waals surface area contributed by atoms with E-state index in [9.17, 15) is 0 Å². The fraction of sp³-hybridized carbons (Fsp3) is 1.00. The van der Waals surface area contributed by atoms with Crippen LogP contribution in [0.15, 0.2) is 0 Å². The SMILES string of the molecule is CCCCCCN[C@@H]1CCCC[C@H]1N.Cl.Cl. The second-order valence-electron chi connectivity index (χ2n) is 4.57. The van der Waals surface area contributed by atoms with Crippen molar-refractivity contribution in [3.8, 4) is 0 Å². The Bertz CT molecular complexity index is 145. The van der Waals surface area contributed by atoms with Gasteiger partial charge in [-0.2, -0.15) is 0 Å². The molecule has 16 heavy (non-hydrogen) atoms. The molecule has 0 spiro atoms. The Morgan fingerprint density at radius 1 is 1.06 bits per heavy atom. The lowest BCUT2D eigenvalue weighted by Crippen LogP contribution is -2.47. The van der Waals surface area contributed by atoms with Crippen molar-refractivity contribution < 1.29 is 0 Å². The third-order valence-electron chi connectivity index (χ3n) is 3.26. The van der Waals surface area contributed by atoms with Crippen LogP contribution in [0.4, 0.5) is 0 Å². The zero-order valence-corrected chi connectivity index (χ0v) is 12.0. The molecule has 0 aliphatic heterocycles. The first-order valence-corrected chi connectivity index (χ1v) is 6.33. The van der Waals surface area contributed by atoms with E-state index in [-0.39, 0.29) is 24.8 Å². The van der Waals surface area contributed by atoms with E-state index >= 15 is 0 Å². The van der Waals surface area contributed by atoms with E-state index in [4.69, 9.17) is 5.73 Å². The van der Waals surface area contributed by atoms with Crippen LogP contribution >= 0.6 is 24.8 Å². The van der Waals surface area contributed by atoms with Gasteiger partial charge in [0.2, 0.25) is 0 Å². The zero-order chi connectivity index (χ0) is 10.2. The topological polar surface area (TPSA) is 38.0 Å². The predicted octanol–water partition coefficient (Wildman–Crippen LogP) is 3.27. The van der Waals surface area contributed by atoms with Gasteiger partial charge in [0, 0.05) is 12.1 Å². The molecular formula is C12H28Cl2N2. The number of rotatable bonds is 6. The van der Waals surface area contributed by atoms with Gasteiger partial charge in [-0.3, -0.25) is 0 Å². The van der Waals surface area contributed by atoms with Crippen molar-refractivity contribution in [1.29, 1.82) is 0 Å². The molecule has 0 saturated heterocycles. The Kier molecular flexibility index (Phi) is 14.1. The van der Waals surface area contributed by atoms with Gasteiger partial charge in [0.1, 0.15) is 0 Å². The smallest absolute Gasteiger partial charge is 0.0219 e. The molecule has 0 radical (unpaired) electrons. The first-order chi connectivity index (χ1) is 6.84. The lowest BCUT2D eigenvalue weighted by molar-refractivity contribution is 0.326. The van der Waals surface area contributed by atoms with Gasteiger partial charge in [-0.05, 0) is 25.8 Å². The summed E-state index contributed by atoms with van der Waals surface area (Å²) in [5.41, 5.74) is 6.06. The molecule has 0 heterocycles. The molecule has 3 N–H and O–H groups in total. The Morgan fingerprint density at radius 3 is 2.38 bits per heavy atom. The second-order valence-corrected chi connectivity index (χ2v) is 4.57. The van der Waals surface area contributed by atoms with Crippen LogP contribution in [0.2, 0.25) is 0 Å². The van der Waals surface area contributed by atoms with E-state index in [1.165, 1.54) is 57.9 Å². The molecule has 0 aromatic carbocycles. The molecule has 2 atom stereocenters. The van der Waals surface area contributed by atoms with Gasteiger partial charge in [-0.25, -0.2) is 0 Å². The number of nitrogens with one attached hydrogen (secondary N) is 1. The molecule has 1 aliphatic carbocycles. The molecule has 0 amide bonds. The monoisotopic (exact) mass is 270 g/mol. The molecule has 1 fully saturated rings. The van der Waals surface area contributed by atoms with Crippen molar-refractivity contribution in [3.05, 3.63) is 0 Å². The summed E-state index contributed by atoms with van der Waals surface area (Å²) in [6, 6.07) is 1.01. The van der Waals surface area contributed by atoms with Crippen LogP contribution in [-0.4, -0.2) is 18.6 Å². The summed E-state index contributed by atoms with van der Waals surface area (Å²) >= 11 is 0. The average molecular weight is 271 g/mol. The number of halogens is 2. The van der Waals surface area contributed by atoms with Crippen LogP contribution < -0.4 is 11.1 Å². The third kappa shape index (κ3) is 7.72. The minimum atomic E-state index is 0. The molecule has 0 bridgehead atoms. The fourth-order valence-corrected chi connectivity index (χ4v) is 2.25. The van der Waals surface area contributed by atoms with Gasteiger partial charge in [0.15, 0.2) is 0 Å². The molecule has 0 aromatic heterocycles. The maximum absolute atomic E-state index is 6.06. The lowest BCUT2D eigenvalue weighted by atomic mass is 9.91. The lowest BCUT2D eigenvalue weighted by Gasteiger charge is -2.29. The van der Waals surface area contributed by atoms with Crippen molar-refractivity contribution >= 4 is 24.8 Å². The van der Waals surface area contributed by atoms with Crippen molar-refractivity contribution in [2.24, 2.45) is 5.73 Å². The van der Waals surface area contributed by atoms with E-state index in [1.807, 2.05) is 0 Å². The number of nitrogens with two attached hydrogens (primary N) is 1.